The molecule has 3 heterocycles. The van der Waals surface area contributed by atoms with Gasteiger partial charge in [-0.1, -0.05) is 0 Å². The van der Waals surface area contributed by atoms with Crippen LogP contribution >= 0.6 is 11.3 Å². The van der Waals surface area contributed by atoms with Gasteiger partial charge in [-0.05, 0) is 26.0 Å². The van der Waals surface area contributed by atoms with Crippen molar-refractivity contribution in [1.82, 2.24) is 20.1 Å². The number of aryl methyl sites for hydroxylation is 2. The maximum atomic E-state index is 12.3. The lowest BCUT2D eigenvalue weighted by molar-refractivity contribution is 0.0657. The molecule has 1 N–H and O–H groups in total. The van der Waals surface area contributed by atoms with Crippen LogP contribution in [-0.2, 0) is 6.54 Å². The van der Waals surface area contributed by atoms with Gasteiger partial charge in [0, 0.05) is 38.1 Å². The molecular weight excluding hydrogens is 338 g/mol. The van der Waals surface area contributed by atoms with Gasteiger partial charge in [0.15, 0.2) is 11.7 Å². The maximum absolute atomic E-state index is 12.3. The topological polar surface area (TPSA) is 74.0 Å². The van der Waals surface area contributed by atoms with Gasteiger partial charge in [-0.3, -0.25) is 9.79 Å². The van der Waals surface area contributed by atoms with E-state index in [1.54, 1.807) is 30.5 Å². The smallest absolute Gasteiger partial charge is 0.289 e. The quantitative estimate of drug-likeness (QED) is 0.667. The summed E-state index contributed by atoms with van der Waals surface area (Å²) in [5.74, 6) is 1.20. The van der Waals surface area contributed by atoms with E-state index in [-0.39, 0.29) is 5.91 Å². The molecule has 0 atom stereocenters. The van der Waals surface area contributed by atoms with E-state index in [2.05, 4.69) is 20.2 Å². The van der Waals surface area contributed by atoms with Gasteiger partial charge in [0.05, 0.1) is 23.5 Å². The summed E-state index contributed by atoms with van der Waals surface area (Å²) < 4.78 is 5.20. The van der Waals surface area contributed by atoms with E-state index in [9.17, 15) is 4.79 Å². The van der Waals surface area contributed by atoms with Crippen LogP contribution in [0.25, 0.3) is 0 Å². The molecule has 0 aromatic carbocycles. The first kappa shape index (κ1) is 17.5. The number of guanidine groups is 1. The van der Waals surface area contributed by atoms with E-state index in [1.165, 1.54) is 11.1 Å². The highest BCUT2D eigenvalue weighted by molar-refractivity contribution is 7.11. The van der Waals surface area contributed by atoms with Crippen LogP contribution in [0, 0.1) is 13.8 Å². The molecule has 2 aromatic heterocycles. The van der Waals surface area contributed by atoms with Crippen molar-refractivity contribution in [2.24, 2.45) is 4.99 Å². The summed E-state index contributed by atoms with van der Waals surface area (Å²) in [7, 11) is 1.79. The molecular formula is C17H23N5O2S. The van der Waals surface area contributed by atoms with Crippen molar-refractivity contribution in [2.75, 3.05) is 33.2 Å². The van der Waals surface area contributed by atoms with Gasteiger partial charge in [-0.15, -0.1) is 11.3 Å². The van der Waals surface area contributed by atoms with Crippen LogP contribution in [0.1, 0.15) is 26.1 Å². The Morgan fingerprint density at radius 3 is 2.60 bits per heavy atom. The average molecular weight is 361 g/mol. The van der Waals surface area contributed by atoms with E-state index in [4.69, 9.17) is 4.42 Å². The molecule has 0 spiro atoms. The minimum atomic E-state index is -0.0524. The molecule has 134 valence electrons. The Kier molecular flexibility index (Phi) is 5.37. The summed E-state index contributed by atoms with van der Waals surface area (Å²) >= 11 is 1.71. The highest BCUT2D eigenvalue weighted by Gasteiger charge is 2.25. The van der Waals surface area contributed by atoms with E-state index >= 15 is 0 Å². The third kappa shape index (κ3) is 4.01. The summed E-state index contributed by atoms with van der Waals surface area (Å²) in [6.07, 6.45) is 1.53. The Morgan fingerprint density at radius 1 is 1.32 bits per heavy atom. The SMILES string of the molecule is CN=C(NCc1sc(C)nc1C)N1CCN(C(=O)c2ccco2)CC1. The molecule has 1 amide bonds. The van der Waals surface area contributed by atoms with Crippen LogP contribution < -0.4 is 5.32 Å². The molecule has 25 heavy (non-hydrogen) atoms. The first-order valence-corrected chi connectivity index (χ1v) is 9.11. The number of furan rings is 1. The Labute approximate surface area is 151 Å². The van der Waals surface area contributed by atoms with Gasteiger partial charge >= 0.3 is 0 Å². The Balaban J connectivity index is 1.54. The Hall–Kier alpha value is -2.35. The van der Waals surface area contributed by atoms with Crippen molar-refractivity contribution in [1.29, 1.82) is 0 Å². The summed E-state index contributed by atoms with van der Waals surface area (Å²) in [6.45, 7) is 7.56. The van der Waals surface area contributed by atoms with Crippen LogP contribution in [0.5, 0.6) is 0 Å². The number of hydrogen-bond donors (Lipinski definition) is 1. The second-order valence-electron chi connectivity index (χ2n) is 5.90. The molecule has 0 aliphatic carbocycles. The number of rotatable bonds is 3. The summed E-state index contributed by atoms with van der Waals surface area (Å²) in [6, 6.07) is 3.44. The van der Waals surface area contributed by atoms with Crippen LogP contribution in [0.2, 0.25) is 0 Å². The average Bonchev–Trinajstić information content (AvgIpc) is 3.25. The number of aliphatic imine (C=N–C) groups is 1. The Morgan fingerprint density at radius 2 is 2.04 bits per heavy atom. The highest BCUT2D eigenvalue weighted by atomic mass is 32.1. The minimum absolute atomic E-state index is 0.0524. The third-order valence-electron chi connectivity index (χ3n) is 4.22. The molecule has 2 aromatic rings. The maximum Gasteiger partial charge on any atom is 0.289 e. The van der Waals surface area contributed by atoms with E-state index in [0.717, 1.165) is 36.3 Å². The van der Waals surface area contributed by atoms with E-state index < -0.39 is 0 Å². The van der Waals surface area contributed by atoms with Crippen molar-refractivity contribution in [2.45, 2.75) is 20.4 Å². The second kappa shape index (κ2) is 7.69. The number of carbonyl (C=O) groups excluding carboxylic acids is 1. The number of thiazole rings is 1. The molecule has 8 heteroatoms. The standard InChI is InChI=1S/C17H23N5O2S/c1-12-15(25-13(2)20-12)11-19-17(18-3)22-8-6-21(7-9-22)16(23)14-5-4-10-24-14/h4-5,10H,6-9,11H2,1-3H3,(H,18,19). The normalized spacial score (nSPS) is 15.6. The summed E-state index contributed by atoms with van der Waals surface area (Å²) in [4.78, 5) is 26.4. The number of nitrogens with one attached hydrogen (secondary N) is 1. The molecule has 3 rings (SSSR count). The first-order chi connectivity index (χ1) is 12.1. The largest absolute Gasteiger partial charge is 0.459 e. The molecule has 1 aliphatic heterocycles. The van der Waals surface area contributed by atoms with Gasteiger partial charge in [0.2, 0.25) is 0 Å². The number of carbonyl (C=O) groups is 1. The predicted octanol–water partition coefficient (Wildman–Crippen LogP) is 1.89. The van der Waals surface area contributed by atoms with Gasteiger partial charge in [0.25, 0.3) is 5.91 Å². The molecule has 1 saturated heterocycles. The zero-order valence-corrected chi connectivity index (χ0v) is 15.6. The van der Waals surface area contributed by atoms with Crippen molar-refractivity contribution >= 4 is 23.2 Å². The van der Waals surface area contributed by atoms with Gasteiger partial charge < -0.3 is 19.5 Å². The van der Waals surface area contributed by atoms with Gasteiger partial charge in [0.1, 0.15) is 0 Å². The molecule has 0 unspecified atom stereocenters. The van der Waals surface area contributed by atoms with E-state index in [0.29, 0.717) is 18.8 Å². The fraction of sp³-hybridized carbons (Fsp3) is 0.471. The fourth-order valence-electron chi connectivity index (χ4n) is 2.91. The lowest BCUT2D eigenvalue weighted by Gasteiger charge is -2.36. The molecule has 1 aliphatic rings. The van der Waals surface area contributed by atoms with Crippen molar-refractivity contribution in [3.05, 3.63) is 39.7 Å². The number of piperazine rings is 1. The zero-order valence-electron chi connectivity index (χ0n) is 14.8. The minimum Gasteiger partial charge on any atom is -0.459 e. The van der Waals surface area contributed by atoms with Crippen molar-refractivity contribution < 1.29 is 9.21 Å². The molecule has 0 radical (unpaired) electrons. The van der Waals surface area contributed by atoms with Crippen molar-refractivity contribution in [3.63, 3.8) is 0 Å². The van der Waals surface area contributed by atoms with Crippen LogP contribution in [0.4, 0.5) is 0 Å². The van der Waals surface area contributed by atoms with Gasteiger partial charge in [-0.2, -0.15) is 0 Å². The van der Waals surface area contributed by atoms with Crippen molar-refractivity contribution in [3.8, 4) is 0 Å². The number of amides is 1. The summed E-state index contributed by atoms with van der Waals surface area (Å²) in [5.41, 5.74) is 1.07. The zero-order chi connectivity index (χ0) is 17.8. The second-order valence-corrected chi connectivity index (χ2v) is 7.19. The monoisotopic (exact) mass is 361 g/mol. The molecule has 0 bridgehead atoms. The number of nitrogens with zero attached hydrogens (tertiary/aromatic N) is 4. The lowest BCUT2D eigenvalue weighted by atomic mass is 10.3. The number of aromatic nitrogens is 1. The highest BCUT2D eigenvalue weighted by Crippen LogP contribution is 2.17. The molecule has 0 saturated carbocycles. The van der Waals surface area contributed by atoms with Crippen LogP contribution in [0.3, 0.4) is 0 Å². The lowest BCUT2D eigenvalue weighted by Crippen LogP contribution is -2.53. The predicted molar refractivity (Wildman–Crippen MR) is 98.0 cm³/mol. The first-order valence-electron chi connectivity index (χ1n) is 8.29. The number of hydrogen-bond acceptors (Lipinski definition) is 5. The molecule has 1 fully saturated rings. The summed E-state index contributed by atoms with van der Waals surface area (Å²) in [5, 5.41) is 4.48. The van der Waals surface area contributed by atoms with Crippen LogP contribution in [0.15, 0.2) is 27.8 Å². The molecule has 7 nitrogen and oxygen atoms in total. The van der Waals surface area contributed by atoms with E-state index in [1.807, 2.05) is 18.7 Å². The van der Waals surface area contributed by atoms with Gasteiger partial charge in [-0.25, -0.2) is 4.98 Å². The van der Waals surface area contributed by atoms with Crippen LogP contribution in [-0.4, -0.2) is 59.9 Å². The Bertz CT molecular complexity index is 745. The fourth-order valence-corrected chi connectivity index (χ4v) is 3.78. The third-order valence-corrected chi connectivity index (χ3v) is 5.29.